The molecule has 2 heterocycles. The lowest BCUT2D eigenvalue weighted by molar-refractivity contribution is 0.0855. The second-order valence-corrected chi connectivity index (χ2v) is 5.62. The topological polar surface area (TPSA) is 68.5 Å². The van der Waals surface area contributed by atoms with Crippen LogP contribution in [0.25, 0.3) is 11.0 Å². The van der Waals surface area contributed by atoms with Gasteiger partial charge in [0.25, 0.3) is 5.91 Å². The second kappa shape index (κ2) is 6.79. The van der Waals surface area contributed by atoms with Crippen LogP contribution in [0.1, 0.15) is 28.8 Å². The summed E-state index contributed by atoms with van der Waals surface area (Å²) in [5, 5.41) is 3.47. The van der Waals surface area contributed by atoms with E-state index in [1.165, 1.54) is 0 Å². The molecule has 5 heteroatoms. The van der Waals surface area contributed by atoms with Crippen molar-refractivity contribution in [1.29, 1.82) is 0 Å². The molecule has 5 nitrogen and oxygen atoms in total. The SMILES string of the molecule is C=CCc1cccc2cc(C(=O)NC[C@H]3CCCO3)c(=O)oc12. The molecule has 1 fully saturated rings. The van der Waals surface area contributed by atoms with E-state index in [2.05, 4.69) is 11.9 Å². The fourth-order valence-corrected chi connectivity index (χ4v) is 2.79. The molecule has 1 atom stereocenters. The Balaban J connectivity index is 1.85. The van der Waals surface area contributed by atoms with Gasteiger partial charge in [0.2, 0.25) is 0 Å². The fraction of sp³-hybridized carbons (Fsp3) is 0.333. The summed E-state index contributed by atoms with van der Waals surface area (Å²) in [7, 11) is 0. The van der Waals surface area contributed by atoms with Crippen molar-refractivity contribution >= 4 is 16.9 Å². The zero-order chi connectivity index (χ0) is 16.2. The molecule has 1 aromatic carbocycles. The van der Waals surface area contributed by atoms with E-state index in [0.29, 0.717) is 18.5 Å². The van der Waals surface area contributed by atoms with Gasteiger partial charge in [0.1, 0.15) is 11.1 Å². The first-order valence-electron chi connectivity index (χ1n) is 7.75. The Labute approximate surface area is 133 Å². The summed E-state index contributed by atoms with van der Waals surface area (Å²) >= 11 is 0. The minimum atomic E-state index is -0.626. The highest BCUT2D eigenvalue weighted by molar-refractivity contribution is 5.97. The van der Waals surface area contributed by atoms with Crippen LogP contribution in [-0.4, -0.2) is 25.2 Å². The number of fused-ring (bicyclic) bond motifs is 1. The summed E-state index contributed by atoms with van der Waals surface area (Å²) in [6.07, 6.45) is 4.31. The molecule has 1 N–H and O–H groups in total. The van der Waals surface area contributed by atoms with E-state index in [-0.39, 0.29) is 11.7 Å². The average molecular weight is 313 g/mol. The molecule has 1 saturated heterocycles. The van der Waals surface area contributed by atoms with E-state index >= 15 is 0 Å². The van der Waals surface area contributed by atoms with Gasteiger partial charge in [-0.15, -0.1) is 6.58 Å². The minimum Gasteiger partial charge on any atom is -0.422 e. The number of hydrogen-bond donors (Lipinski definition) is 1. The molecule has 0 saturated carbocycles. The van der Waals surface area contributed by atoms with Crippen LogP contribution in [0.5, 0.6) is 0 Å². The van der Waals surface area contributed by atoms with Crippen molar-refractivity contribution in [2.24, 2.45) is 0 Å². The number of para-hydroxylation sites is 1. The summed E-state index contributed by atoms with van der Waals surface area (Å²) in [6.45, 7) is 4.83. The first kappa shape index (κ1) is 15.5. The summed E-state index contributed by atoms with van der Waals surface area (Å²) in [4.78, 5) is 24.4. The van der Waals surface area contributed by atoms with Crippen molar-refractivity contribution in [2.75, 3.05) is 13.2 Å². The molecule has 1 aliphatic rings. The molecule has 0 aliphatic carbocycles. The van der Waals surface area contributed by atoms with Gasteiger partial charge in [-0.05, 0) is 30.9 Å². The number of benzene rings is 1. The van der Waals surface area contributed by atoms with Crippen LogP contribution in [-0.2, 0) is 11.2 Å². The molecule has 1 aliphatic heterocycles. The summed E-state index contributed by atoms with van der Waals surface area (Å²) in [6, 6.07) is 7.15. The lowest BCUT2D eigenvalue weighted by atomic mass is 10.1. The van der Waals surface area contributed by atoms with Crippen LogP contribution in [0.4, 0.5) is 0 Å². The van der Waals surface area contributed by atoms with Gasteiger partial charge < -0.3 is 14.5 Å². The number of carbonyl (C=O) groups is 1. The standard InChI is InChI=1S/C18H19NO4/c1-2-5-12-6-3-7-13-10-15(18(21)23-16(12)13)17(20)19-11-14-8-4-9-22-14/h2-3,6-7,10,14H,1,4-5,8-9,11H2,(H,19,20)/t14-/m1/s1. The van der Waals surface area contributed by atoms with Crippen molar-refractivity contribution in [3.63, 3.8) is 0 Å². The molecule has 2 aromatic rings. The zero-order valence-electron chi connectivity index (χ0n) is 12.8. The van der Waals surface area contributed by atoms with Crippen molar-refractivity contribution in [2.45, 2.75) is 25.4 Å². The average Bonchev–Trinajstić information content (AvgIpc) is 3.06. The monoisotopic (exact) mass is 313 g/mol. The number of amides is 1. The number of hydrogen-bond acceptors (Lipinski definition) is 4. The van der Waals surface area contributed by atoms with Gasteiger partial charge in [-0.25, -0.2) is 4.79 Å². The predicted molar refractivity (Wildman–Crippen MR) is 87.7 cm³/mol. The van der Waals surface area contributed by atoms with Crippen LogP contribution in [0.15, 0.2) is 46.1 Å². The third-order valence-electron chi connectivity index (χ3n) is 3.96. The quantitative estimate of drug-likeness (QED) is 0.680. The third-order valence-corrected chi connectivity index (χ3v) is 3.96. The Kier molecular flexibility index (Phi) is 4.57. The Morgan fingerprint density at radius 3 is 3.04 bits per heavy atom. The molecule has 0 spiro atoms. The van der Waals surface area contributed by atoms with Gasteiger partial charge in [-0.3, -0.25) is 4.79 Å². The van der Waals surface area contributed by atoms with Crippen LogP contribution in [0.3, 0.4) is 0 Å². The molecule has 1 amide bonds. The van der Waals surface area contributed by atoms with Gasteiger partial charge in [0.15, 0.2) is 0 Å². The van der Waals surface area contributed by atoms with Gasteiger partial charge in [-0.1, -0.05) is 24.3 Å². The molecule has 0 bridgehead atoms. The molecule has 0 radical (unpaired) electrons. The highest BCUT2D eigenvalue weighted by Gasteiger charge is 2.19. The molecule has 1 aromatic heterocycles. The Bertz CT molecular complexity index is 787. The van der Waals surface area contributed by atoms with Gasteiger partial charge in [0.05, 0.1) is 6.10 Å². The number of carbonyl (C=O) groups excluding carboxylic acids is 1. The lowest BCUT2D eigenvalue weighted by Crippen LogP contribution is -2.34. The number of rotatable bonds is 5. The van der Waals surface area contributed by atoms with E-state index < -0.39 is 11.5 Å². The maximum atomic E-state index is 12.2. The minimum absolute atomic E-state index is 0.0197. The first-order chi connectivity index (χ1) is 11.2. The highest BCUT2D eigenvalue weighted by Crippen LogP contribution is 2.19. The second-order valence-electron chi connectivity index (χ2n) is 5.62. The van der Waals surface area contributed by atoms with Gasteiger partial charge in [-0.2, -0.15) is 0 Å². The third kappa shape index (κ3) is 3.35. The normalized spacial score (nSPS) is 17.3. The lowest BCUT2D eigenvalue weighted by Gasteiger charge is -2.10. The van der Waals surface area contributed by atoms with Crippen molar-refractivity contribution in [3.8, 4) is 0 Å². The molecule has 3 rings (SSSR count). The Hall–Kier alpha value is -2.40. The maximum absolute atomic E-state index is 12.2. The Morgan fingerprint density at radius 1 is 1.43 bits per heavy atom. The predicted octanol–water partition coefficient (Wildman–Crippen LogP) is 2.43. The first-order valence-corrected chi connectivity index (χ1v) is 7.75. The van der Waals surface area contributed by atoms with Crippen molar-refractivity contribution < 1.29 is 13.9 Å². The molecule has 23 heavy (non-hydrogen) atoms. The summed E-state index contributed by atoms with van der Waals surface area (Å²) in [5.41, 5.74) is 0.777. The van der Waals surface area contributed by atoms with Crippen LogP contribution in [0, 0.1) is 0 Å². The van der Waals surface area contributed by atoms with Crippen molar-refractivity contribution in [3.05, 3.63) is 58.5 Å². The van der Waals surface area contributed by atoms with Crippen molar-refractivity contribution in [1.82, 2.24) is 5.32 Å². The van der Waals surface area contributed by atoms with Crippen LogP contribution >= 0.6 is 0 Å². The molecule has 120 valence electrons. The van der Waals surface area contributed by atoms with E-state index in [1.54, 1.807) is 12.1 Å². The Morgan fingerprint density at radius 2 is 2.30 bits per heavy atom. The fourth-order valence-electron chi connectivity index (χ4n) is 2.79. The smallest absolute Gasteiger partial charge is 0.349 e. The zero-order valence-corrected chi connectivity index (χ0v) is 12.8. The largest absolute Gasteiger partial charge is 0.422 e. The van der Waals surface area contributed by atoms with E-state index in [4.69, 9.17) is 9.15 Å². The summed E-state index contributed by atoms with van der Waals surface area (Å²) < 4.78 is 10.8. The molecular weight excluding hydrogens is 294 g/mol. The molecular formula is C18H19NO4. The number of ether oxygens (including phenoxy) is 1. The summed E-state index contributed by atoms with van der Waals surface area (Å²) in [5.74, 6) is -0.426. The van der Waals surface area contributed by atoms with E-state index in [0.717, 1.165) is 30.4 Å². The van der Waals surface area contributed by atoms with E-state index in [1.807, 2.05) is 18.2 Å². The van der Waals surface area contributed by atoms with Gasteiger partial charge >= 0.3 is 5.63 Å². The molecule has 0 unspecified atom stereocenters. The van der Waals surface area contributed by atoms with Gasteiger partial charge in [0, 0.05) is 18.5 Å². The number of nitrogens with one attached hydrogen (secondary N) is 1. The number of allylic oxidation sites excluding steroid dienone is 1. The van der Waals surface area contributed by atoms with Crippen LogP contribution < -0.4 is 10.9 Å². The van der Waals surface area contributed by atoms with Crippen LogP contribution in [0.2, 0.25) is 0 Å². The van der Waals surface area contributed by atoms with E-state index in [9.17, 15) is 9.59 Å². The highest BCUT2D eigenvalue weighted by atomic mass is 16.5. The maximum Gasteiger partial charge on any atom is 0.349 e.